The number of likely N-dealkylation sites (tertiary alicyclic amines) is 1. The number of hydrogen-bond donors (Lipinski definition) is 4. The van der Waals surface area contributed by atoms with Gasteiger partial charge in [0.15, 0.2) is 11.6 Å². The Morgan fingerprint density at radius 1 is 1.21 bits per heavy atom. The summed E-state index contributed by atoms with van der Waals surface area (Å²) in [5.74, 6) is -0.237. The molecule has 5 N–H and O–H groups in total. The number of anilines is 1. The van der Waals surface area contributed by atoms with Crippen LogP contribution in [0.5, 0.6) is 5.75 Å². The molecule has 3 aromatic rings. The second-order valence-electron chi connectivity index (χ2n) is 9.81. The van der Waals surface area contributed by atoms with Crippen molar-refractivity contribution in [2.24, 2.45) is 10.7 Å². The fraction of sp³-hybridized carbons (Fsp3) is 0.407. The quantitative estimate of drug-likeness (QED) is 0.286. The van der Waals surface area contributed by atoms with Crippen LogP contribution in [0.4, 0.5) is 5.95 Å². The molecule has 38 heavy (non-hydrogen) atoms. The van der Waals surface area contributed by atoms with Gasteiger partial charge in [-0.15, -0.1) is 0 Å². The maximum atomic E-state index is 13.4. The number of rotatable bonds is 9. The van der Waals surface area contributed by atoms with Crippen molar-refractivity contribution in [1.82, 2.24) is 20.2 Å². The van der Waals surface area contributed by atoms with Crippen LogP contribution in [0.25, 0.3) is 11.0 Å². The molecule has 1 fully saturated rings. The molecule has 1 aromatic heterocycles. The zero-order valence-corrected chi connectivity index (χ0v) is 22.9. The maximum absolute atomic E-state index is 13.4. The highest BCUT2D eigenvalue weighted by Gasteiger charge is 2.53. The van der Waals surface area contributed by atoms with E-state index in [4.69, 9.17) is 10.5 Å². The minimum absolute atomic E-state index is 0.249. The van der Waals surface area contributed by atoms with E-state index >= 15 is 0 Å². The van der Waals surface area contributed by atoms with Crippen molar-refractivity contribution in [3.05, 3.63) is 52.0 Å². The lowest BCUT2D eigenvalue weighted by atomic mass is 9.80. The molecule has 2 aliphatic rings. The molecule has 0 aliphatic carbocycles. The minimum Gasteiger partial charge on any atom is -0.493 e. The third-order valence-corrected chi connectivity index (χ3v) is 7.71. The molecular weight excluding hydrogens is 550 g/mol. The van der Waals surface area contributed by atoms with E-state index in [2.05, 4.69) is 46.4 Å². The normalized spacial score (nSPS) is 21.4. The third-order valence-electron chi connectivity index (χ3n) is 7.22. The number of benzene rings is 2. The van der Waals surface area contributed by atoms with Crippen molar-refractivity contribution in [3.8, 4) is 5.75 Å². The molecule has 3 heterocycles. The van der Waals surface area contributed by atoms with Gasteiger partial charge in [0.25, 0.3) is 11.8 Å². The smallest absolute Gasteiger partial charge is 0.254 e. The molecule has 2 unspecified atom stereocenters. The Labute approximate surface area is 229 Å². The number of fused-ring (bicyclic) bond motifs is 1. The van der Waals surface area contributed by atoms with Crippen molar-refractivity contribution in [2.45, 2.75) is 44.2 Å². The van der Waals surface area contributed by atoms with E-state index in [9.17, 15) is 9.59 Å². The summed E-state index contributed by atoms with van der Waals surface area (Å²) in [4.78, 5) is 40.5. The average molecular weight is 583 g/mol. The van der Waals surface area contributed by atoms with E-state index < -0.39 is 23.4 Å². The van der Waals surface area contributed by atoms with Gasteiger partial charge >= 0.3 is 0 Å². The first-order valence-corrected chi connectivity index (χ1v) is 13.7. The van der Waals surface area contributed by atoms with E-state index in [-0.39, 0.29) is 5.95 Å². The number of aliphatic imine (C=N–C) groups is 1. The van der Waals surface area contributed by atoms with Crippen LogP contribution in [0, 0.1) is 6.92 Å². The van der Waals surface area contributed by atoms with E-state index in [1.165, 1.54) is 38.7 Å². The standard InChI is InChI=1S/C27H32BrN7O3/c1-17-6-7-18(28)14-20(17)27(25(29)37)23(30-16-31-27)24(36)34-26-32-21-9-8-19(15-22(21)33-26)38-13-5-12-35-10-3-2-4-11-35/h6-9,14-16,23H,2-5,10-13H2,1H3,(H2,29,37)(H,30,31)(H2,32,33,34,36). The van der Waals surface area contributed by atoms with Gasteiger partial charge in [-0.05, 0) is 74.7 Å². The highest BCUT2D eigenvalue weighted by molar-refractivity contribution is 9.10. The van der Waals surface area contributed by atoms with Crippen LogP contribution in [0.1, 0.15) is 36.8 Å². The summed E-state index contributed by atoms with van der Waals surface area (Å²) >= 11 is 3.44. The van der Waals surface area contributed by atoms with Gasteiger partial charge in [-0.1, -0.05) is 28.4 Å². The van der Waals surface area contributed by atoms with Crippen LogP contribution in [-0.4, -0.2) is 65.3 Å². The number of nitrogens with one attached hydrogen (secondary N) is 3. The molecule has 2 amide bonds. The predicted molar refractivity (Wildman–Crippen MR) is 150 cm³/mol. The van der Waals surface area contributed by atoms with Crippen molar-refractivity contribution < 1.29 is 14.3 Å². The van der Waals surface area contributed by atoms with Gasteiger partial charge < -0.3 is 25.7 Å². The summed E-state index contributed by atoms with van der Waals surface area (Å²) in [6.45, 7) is 5.90. The molecule has 2 aromatic carbocycles. The number of nitrogens with zero attached hydrogens (tertiary/aromatic N) is 3. The summed E-state index contributed by atoms with van der Waals surface area (Å²) in [6.07, 6.45) is 6.22. The first-order chi connectivity index (χ1) is 18.4. The summed E-state index contributed by atoms with van der Waals surface area (Å²) in [7, 11) is 0. The Bertz CT molecular complexity index is 1370. The number of halogens is 1. The molecular formula is C27H32BrN7O3. The summed E-state index contributed by atoms with van der Waals surface area (Å²) in [5.41, 5.74) is 7.11. The number of imidazole rings is 1. The number of hydrogen-bond acceptors (Lipinski definition) is 7. The molecule has 1 saturated heterocycles. The first-order valence-electron chi connectivity index (χ1n) is 12.9. The molecule has 0 saturated carbocycles. The second kappa shape index (κ2) is 11.1. The Kier molecular flexibility index (Phi) is 7.66. The molecule has 0 bridgehead atoms. The number of carbonyl (C=O) groups excluding carboxylic acids is 2. The van der Waals surface area contributed by atoms with Gasteiger partial charge in [0.1, 0.15) is 5.75 Å². The minimum atomic E-state index is -1.53. The highest BCUT2D eigenvalue weighted by atomic mass is 79.9. The SMILES string of the molecule is Cc1ccc(Br)cc1C1(C(N)=O)NC=NC1C(=O)Nc1nc2ccc(OCCCN3CCCCC3)cc2[nH]1. The summed E-state index contributed by atoms with van der Waals surface area (Å²) in [5, 5.41) is 5.72. The van der Waals surface area contributed by atoms with Crippen molar-refractivity contribution in [2.75, 3.05) is 31.6 Å². The van der Waals surface area contributed by atoms with Crippen LogP contribution in [0.2, 0.25) is 0 Å². The zero-order chi connectivity index (χ0) is 26.7. The predicted octanol–water partition coefficient (Wildman–Crippen LogP) is 3.21. The highest BCUT2D eigenvalue weighted by Crippen LogP contribution is 2.34. The number of aryl methyl sites for hydroxylation is 1. The molecule has 5 rings (SSSR count). The van der Waals surface area contributed by atoms with Crippen molar-refractivity contribution in [3.63, 3.8) is 0 Å². The number of amides is 2. The van der Waals surface area contributed by atoms with E-state index in [0.29, 0.717) is 17.7 Å². The molecule has 2 atom stereocenters. The van der Waals surface area contributed by atoms with Crippen LogP contribution >= 0.6 is 15.9 Å². The second-order valence-corrected chi connectivity index (χ2v) is 10.7. The number of piperidine rings is 1. The number of aromatic nitrogens is 2. The summed E-state index contributed by atoms with van der Waals surface area (Å²) in [6, 6.07) is 9.94. The maximum Gasteiger partial charge on any atom is 0.254 e. The van der Waals surface area contributed by atoms with Gasteiger partial charge in [-0.3, -0.25) is 19.9 Å². The number of carbonyl (C=O) groups is 2. The van der Waals surface area contributed by atoms with Crippen LogP contribution in [-0.2, 0) is 15.1 Å². The largest absolute Gasteiger partial charge is 0.493 e. The van der Waals surface area contributed by atoms with E-state index in [1.54, 1.807) is 6.07 Å². The van der Waals surface area contributed by atoms with Crippen molar-refractivity contribution >= 4 is 51.1 Å². The topological polar surface area (TPSA) is 138 Å². The Morgan fingerprint density at radius 2 is 2.03 bits per heavy atom. The van der Waals surface area contributed by atoms with Crippen LogP contribution in [0.15, 0.2) is 45.9 Å². The Morgan fingerprint density at radius 3 is 2.82 bits per heavy atom. The van der Waals surface area contributed by atoms with E-state index in [1.807, 2.05) is 37.3 Å². The molecule has 11 heteroatoms. The first kappa shape index (κ1) is 26.2. The fourth-order valence-corrected chi connectivity index (χ4v) is 5.60. The van der Waals surface area contributed by atoms with E-state index in [0.717, 1.165) is 34.3 Å². The third kappa shape index (κ3) is 5.25. The molecule has 200 valence electrons. The summed E-state index contributed by atoms with van der Waals surface area (Å²) < 4.78 is 6.71. The van der Waals surface area contributed by atoms with Gasteiger partial charge in [0.2, 0.25) is 5.95 Å². The fourth-order valence-electron chi connectivity index (χ4n) is 5.24. The van der Waals surface area contributed by atoms with Gasteiger partial charge in [-0.25, -0.2) is 4.98 Å². The monoisotopic (exact) mass is 581 g/mol. The average Bonchev–Trinajstić information content (AvgIpc) is 3.53. The number of primary amides is 1. The molecule has 0 radical (unpaired) electrons. The Hall–Kier alpha value is -3.44. The zero-order valence-electron chi connectivity index (χ0n) is 21.3. The van der Waals surface area contributed by atoms with Gasteiger partial charge in [0, 0.05) is 17.1 Å². The Balaban J connectivity index is 1.27. The molecule has 0 spiro atoms. The van der Waals surface area contributed by atoms with Gasteiger partial charge in [0.05, 0.1) is 24.0 Å². The molecule has 10 nitrogen and oxygen atoms in total. The van der Waals surface area contributed by atoms with Crippen LogP contribution in [0.3, 0.4) is 0 Å². The molecule has 2 aliphatic heterocycles. The van der Waals surface area contributed by atoms with Gasteiger partial charge in [-0.2, -0.15) is 0 Å². The number of ether oxygens (including phenoxy) is 1. The number of H-pyrrole nitrogens is 1. The van der Waals surface area contributed by atoms with Crippen molar-refractivity contribution in [1.29, 1.82) is 0 Å². The number of nitrogens with two attached hydrogens (primary N) is 1. The number of aromatic amines is 1. The lowest BCUT2D eigenvalue weighted by Crippen LogP contribution is -2.59. The lowest BCUT2D eigenvalue weighted by molar-refractivity contribution is -0.129. The van der Waals surface area contributed by atoms with Crippen LogP contribution < -0.4 is 21.1 Å². The lowest BCUT2D eigenvalue weighted by Gasteiger charge is -2.32.